The van der Waals surface area contributed by atoms with Gasteiger partial charge in [0.2, 0.25) is 5.91 Å². The van der Waals surface area contributed by atoms with Crippen LogP contribution in [0.1, 0.15) is 27.7 Å². The number of morpholine rings is 1. The molecule has 0 spiro atoms. The van der Waals surface area contributed by atoms with Crippen LogP contribution in [0.15, 0.2) is 18.2 Å². The molecular formula is C19H26N4O4S. The molecule has 2 aromatic rings. The van der Waals surface area contributed by atoms with Gasteiger partial charge in [0.25, 0.3) is 0 Å². The summed E-state index contributed by atoms with van der Waals surface area (Å²) in [4.78, 5) is 31.1. The minimum Gasteiger partial charge on any atom is -0.444 e. The minimum atomic E-state index is -0.726. The first kappa shape index (κ1) is 20.3. The molecule has 1 fully saturated rings. The van der Waals surface area contributed by atoms with Gasteiger partial charge in [0.15, 0.2) is 5.13 Å². The second-order valence-corrected chi connectivity index (χ2v) is 8.64. The van der Waals surface area contributed by atoms with Crippen molar-refractivity contribution in [3.63, 3.8) is 0 Å². The summed E-state index contributed by atoms with van der Waals surface area (Å²) in [6.07, 6.45) is -0.622. The van der Waals surface area contributed by atoms with Gasteiger partial charge in [0.05, 0.1) is 23.4 Å². The highest BCUT2D eigenvalue weighted by Gasteiger charge is 2.21. The lowest BCUT2D eigenvalue weighted by atomic mass is 10.2. The van der Waals surface area contributed by atoms with Crippen LogP contribution in [0.25, 0.3) is 10.2 Å². The van der Waals surface area contributed by atoms with Crippen LogP contribution in [-0.4, -0.2) is 54.9 Å². The molecule has 3 rings (SSSR count). The number of benzene rings is 1. The van der Waals surface area contributed by atoms with Crippen LogP contribution >= 0.6 is 11.3 Å². The molecule has 9 heteroatoms. The molecule has 1 aromatic heterocycles. The van der Waals surface area contributed by atoms with Crippen molar-refractivity contribution in [1.82, 2.24) is 10.3 Å². The first-order chi connectivity index (χ1) is 13.2. The fraction of sp³-hybridized carbons (Fsp3) is 0.526. The van der Waals surface area contributed by atoms with Crippen molar-refractivity contribution in [1.29, 1.82) is 0 Å². The van der Waals surface area contributed by atoms with Gasteiger partial charge in [-0.25, -0.2) is 9.78 Å². The maximum absolute atomic E-state index is 12.4. The first-order valence-corrected chi connectivity index (χ1v) is 10.1. The second-order valence-electron chi connectivity index (χ2n) is 7.64. The molecule has 1 aromatic carbocycles. The quantitative estimate of drug-likeness (QED) is 0.811. The predicted molar refractivity (Wildman–Crippen MR) is 110 cm³/mol. The van der Waals surface area contributed by atoms with E-state index in [1.54, 1.807) is 39.0 Å². The zero-order chi connectivity index (χ0) is 20.3. The lowest BCUT2D eigenvalue weighted by molar-refractivity contribution is -0.117. The number of rotatable bonds is 4. The summed E-state index contributed by atoms with van der Waals surface area (Å²) in [5, 5.41) is 6.33. The molecule has 0 unspecified atom stereocenters. The lowest BCUT2D eigenvalue weighted by Crippen LogP contribution is -2.43. The number of ether oxygens (including phenoxy) is 2. The molecule has 2 N–H and O–H groups in total. The van der Waals surface area contributed by atoms with Crippen molar-refractivity contribution in [2.24, 2.45) is 0 Å². The maximum atomic E-state index is 12.4. The van der Waals surface area contributed by atoms with Crippen molar-refractivity contribution < 1.29 is 19.1 Å². The van der Waals surface area contributed by atoms with E-state index >= 15 is 0 Å². The van der Waals surface area contributed by atoms with Crippen molar-refractivity contribution in [2.75, 3.05) is 36.5 Å². The number of anilines is 2. The van der Waals surface area contributed by atoms with Gasteiger partial charge in [-0.2, -0.15) is 0 Å². The van der Waals surface area contributed by atoms with Gasteiger partial charge in [-0.05, 0) is 45.9 Å². The third kappa shape index (κ3) is 5.32. The number of amides is 2. The number of hydrogen-bond acceptors (Lipinski definition) is 7. The van der Waals surface area contributed by atoms with E-state index in [1.807, 2.05) is 18.2 Å². The van der Waals surface area contributed by atoms with Crippen molar-refractivity contribution >= 4 is 44.4 Å². The average Bonchev–Trinajstić information content (AvgIpc) is 3.04. The van der Waals surface area contributed by atoms with Gasteiger partial charge in [0.1, 0.15) is 11.6 Å². The van der Waals surface area contributed by atoms with Crippen LogP contribution in [0.3, 0.4) is 0 Å². The van der Waals surface area contributed by atoms with E-state index in [0.717, 1.165) is 28.4 Å². The Morgan fingerprint density at radius 2 is 2.00 bits per heavy atom. The van der Waals surface area contributed by atoms with Crippen molar-refractivity contribution in [3.8, 4) is 0 Å². The summed E-state index contributed by atoms with van der Waals surface area (Å²) in [6, 6.07) is 4.87. The average molecular weight is 407 g/mol. The van der Waals surface area contributed by atoms with Crippen molar-refractivity contribution in [2.45, 2.75) is 39.3 Å². The number of aromatic nitrogens is 1. The van der Waals surface area contributed by atoms with Gasteiger partial charge in [-0.1, -0.05) is 11.3 Å². The third-order valence-corrected chi connectivity index (χ3v) is 5.13. The van der Waals surface area contributed by atoms with Crippen molar-refractivity contribution in [3.05, 3.63) is 18.2 Å². The van der Waals surface area contributed by atoms with Crippen LogP contribution in [-0.2, 0) is 14.3 Å². The summed E-state index contributed by atoms with van der Waals surface area (Å²) in [7, 11) is 0. The predicted octanol–water partition coefficient (Wildman–Crippen LogP) is 2.98. The third-order valence-electron chi connectivity index (χ3n) is 4.05. The molecule has 0 bridgehead atoms. The second kappa shape index (κ2) is 8.32. The molecule has 1 atom stereocenters. The first-order valence-electron chi connectivity index (χ1n) is 9.25. The largest absolute Gasteiger partial charge is 0.444 e. The summed E-state index contributed by atoms with van der Waals surface area (Å²) in [6.45, 7) is 10.0. The number of alkyl carbamates (subject to hydrolysis) is 1. The van der Waals surface area contributed by atoms with E-state index < -0.39 is 17.7 Å². The zero-order valence-corrected chi connectivity index (χ0v) is 17.4. The smallest absolute Gasteiger partial charge is 0.408 e. The Labute approximate surface area is 168 Å². The number of carbonyl (C=O) groups is 2. The summed E-state index contributed by atoms with van der Waals surface area (Å²) < 4.78 is 11.6. The van der Waals surface area contributed by atoms with E-state index in [9.17, 15) is 9.59 Å². The fourth-order valence-corrected chi connectivity index (χ4v) is 3.74. The molecule has 152 valence electrons. The molecule has 0 radical (unpaired) electrons. The van der Waals surface area contributed by atoms with Crippen LogP contribution in [0.2, 0.25) is 0 Å². The molecule has 1 aliphatic heterocycles. The maximum Gasteiger partial charge on any atom is 0.408 e. The minimum absolute atomic E-state index is 0.317. The Morgan fingerprint density at radius 3 is 2.68 bits per heavy atom. The number of hydrogen-bond donors (Lipinski definition) is 2. The van der Waals surface area contributed by atoms with E-state index in [0.29, 0.717) is 18.9 Å². The molecule has 8 nitrogen and oxygen atoms in total. The molecule has 1 saturated heterocycles. The van der Waals surface area contributed by atoms with Gasteiger partial charge in [-0.3, -0.25) is 4.79 Å². The van der Waals surface area contributed by atoms with Crippen LogP contribution in [0, 0.1) is 0 Å². The molecule has 2 heterocycles. The summed E-state index contributed by atoms with van der Waals surface area (Å²) in [5.74, 6) is -0.317. The van der Waals surface area contributed by atoms with Crippen LogP contribution in [0.5, 0.6) is 0 Å². The number of nitrogens with one attached hydrogen (secondary N) is 2. The Hall–Kier alpha value is -2.39. The number of thiazole rings is 1. The SMILES string of the molecule is C[C@@H](NC(=O)OC(C)(C)C)C(=O)Nc1ccc2nc(N3CCOCC3)sc2c1. The normalized spacial score (nSPS) is 15.9. The van der Waals surface area contributed by atoms with E-state index in [-0.39, 0.29) is 5.91 Å². The van der Waals surface area contributed by atoms with Gasteiger partial charge in [-0.15, -0.1) is 0 Å². The fourth-order valence-electron chi connectivity index (χ4n) is 2.68. The molecule has 28 heavy (non-hydrogen) atoms. The molecule has 2 amide bonds. The number of fused-ring (bicyclic) bond motifs is 1. The Kier molecular flexibility index (Phi) is 6.04. The van der Waals surface area contributed by atoms with Crippen LogP contribution in [0.4, 0.5) is 15.6 Å². The Morgan fingerprint density at radius 1 is 1.29 bits per heavy atom. The number of nitrogens with zero attached hydrogens (tertiary/aromatic N) is 2. The molecular weight excluding hydrogens is 380 g/mol. The van der Waals surface area contributed by atoms with E-state index in [4.69, 9.17) is 9.47 Å². The monoisotopic (exact) mass is 406 g/mol. The topological polar surface area (TPSA) is 92.8 Å². The number of carbonyl (C=O) groups excluding carboxylic acids is 2. The molecule has 1 aliphatic rings. The Balaban J connectivity index is 1.63. The van der Waals surface area contributed by atoms with Crippen LogP contribution < -0.4 is 15.5 Å². The van der Waals surface area contributed by atoms with Gasteiger partial charge in [0, 0.05) is 18.8 Å². The lowest BCUT2D eigenvalue weighted by Gasteiger charge is -2.25. The highest BCUT2D eigenvalue weighted by Crippen LogP contribution is 2.31. The molecule has 0 aliphatic carbocycles. The molecule has 0 saturated carbocycles. The Bertz CT molecular complexity index is 855. The highest BCUT2D eigenvalue weighted by molar-refractivity contribution is 7.22. The highest BCUT2D eigenvalue weighted by atomic mass is 32.1. The standard InChI is InChI=1S/C19H26N4O4S/c1-12(20-18(25)27-19(2,3)4)16(24)21-13-5-6-14-15(11-13)28-17(22-14)23-7-9-26-10-8-23/h5-6,11-12H,7-10H2,1-4H3,(H,20,25)(H,21,24)/t12-/m1/s1. The van der Waals surface area contributed by atoms with E-state index in [2.05, 4.69) is 20.5 Å². The van der Waals surface area contributed by atoms with Gasteiger partial charge < -0.3 is 25.0 Å². The summed E-state index contributed by atoms with van der Waals surface area (Å²) in [5.41, 5.74) is 0.937. The summed E-state index contributed by atoms with van der Waals surface area (Å²) >= 11 is 1.59. The van der Waals surface area contributed by atoms with E-state index in [1.165, 1.54) is 0 Å². The van der Waals surface area contributed by atoms with Gasteiger partial charge >= 0.3 is 6.09 Å². The zero-order valence-electron chi connectivity index (χ0n) is 16.6.